The molecule has 0 fully saturated rings. The zero-order valence-electron chi connectivity index (χ0n) is 12.8. The van der Waals surface area contributed by atoms with Gasteiger partial charge < -0.3 is 14.8 Å². The lowest BCUT2D eigenvalue weighted by Gasteiger charge is -2.08. The van der Waals surface area contributed by atoms with Crippen LogP contribution in [0, 0.1) is 0 Å². The number of carbonyl (C=O) groups is 1. The summed E-state index contributed by atoms with van der Waals surface area (Å²) in [6.45, 7) is 0.734. The monoisotopic (exact) mass is 331 g/mol. The van der Waals surface area contributed by atoms with E-state index in [1.54, 1.807) is 25.3 Å². The largest absolute Gasteiger partial charge is 0.496 e. The Morgan fingerprint density at radius 1 is 1.13 bits per heavy atom. The molecule has 120 valence electrons. The van der Waals surface area contributed by atoms with Gasteiger partial charge in [0.05, 0.1) is 18.7 Å². The third-order valence-electron chi connectivity index (χ3n) is 3.05. The Morgan fingerprint density at radius 3 is 2.57 bits per heavy atom. The van der Waals surface area contributed by atoms with E-state index in [2.05, 4.69) is 5.32 Å². The minimum Gasteiger partial charge on any atom is -0.496 e. The number of methoxy groups -OCH3 is 1. The molecular formula is C18H18ClNO3. The number of nitrogens with one attached hydrogen (secondary N) is 1. The molecule has 2 aromatic carbocycles. The van der Waals surface area contributed by atoms with E-state index in [4.69, 9.17) is 21.1 Å². The third kappa shape index (κ3) is 5.34. The van der Waals surface area contributed by atoms with E-state index in [1.165, 1.54) is 6.08 Å². The minimum atomic E-state index is -0.196. The van der Waals surface area contributed by atoms with Crippen molar-refractivity contribution >= 4 is 23.6 Å². The zero-order chi connectivity index (χ0) is 16.5. The number of rotatable bonds is 7. The fourth-order valence-electron chi connectivity index (χ4n) is 1.93. The Labute approximate surface area is 140 Å². The highest BCUT2D eigenvalue weighted by molar-refractivity contribution is 6.32. The average Bonchev–Trinajstić information content (AvgIpc) is 2.58. The van der Waals surface area contributed by atoms with E-state index in [0.717, 1.165) is 11.3 Å². The fraction of sp³-hybridized carbons (Fsp3) is 0.167. The molecule has 2 rings (SSSR count). The first kappa shape index (κ1) is 16.9. The first-order valence-electron chi connectivity index (χ1n) is 7.17. The molecule has 0 saturated carbocycles. The van der Waals surface area contributed by atoms with Crippen LogP contribution >= 0.6 is 11.6 Å². The van der Waals surface area contributed by atoms with Crippen molar-refractivity contribution in [1.29, 1.82) is 0 Å². The van der Waals surface area contributed by atoms with Crippen LogP contribution in [0.15, 0.2) is 54.6 Å². The van der Waals surface area contributed by atoms with Gasteiger partial charge in [0.2, 0.25) is 5.91 Å². The van der Waals surface area contributed by atoms with Crippen molar-refractivity contribution in [3.63, 3.8) is 0 Å². The van der Waals surface area contributed by atoms with Gasteiger partial charge in [-0.25, -0.2) is 0 Å². The van der Waals surface area contributed by atoms with Crippen molar-refractivity contribution < 1.29 is 14.3 Å². The van der Waals surface area contributed by atoms with Crippen LogP contribution in [0.1, 0.15) is 5.56 Å². The average molecular weight is 332 g/mol. The van der Waals surface area contributed by atoms with Crippen molar-refractivity contribution in [3.05, 3.63) is 65.2 Å². The summed E-state index contributed by atoms with van der Waals surface area (Å²) in [6.07, 6.45) is 3.18. The molecule has 0 bridgehead atoms. The SMILES string of the molecule is COc1ccccc1/C=C/C(=O)NCCOc1ccccc1Cl. The maximum absolute atomic E-state index is 11.8. The fourth-order valence-corrected chi connectivity index (χ4v) is 2.12. The van der Waals surface area contributed by atoms with Crippen molar-refractivity contribution in [1.82, 2.24) is 5.32 Å². The van der Waals surface area contributed by atoms with Crippen LogP contribution in [-0.4, -0.2) is 26.2 Å². The van der Waals surface area contributed by atoms with Crippen molar-refractivity contribution in [2.24, 2.45) is 0 Å². The number of para-hydroxylation sites is 2. The molecular weight excluding hydrogens is 314 g/mol. The van der Waals surface area contributed by atoms with Gasteiger partial charge in [0.15, 0.2) is 0 Å². The lowest BCUT2D eigenvalue weighted by molar-refractivity contribution is -0.116. The molecule has 1 amide bonds. The summed E-state index contributed by atoms with van der Waals surface area (Å²) in [6, 6.07) is 14.7. The number of benzene rings is 2. The molecule has 0 unspecified atom stereocenters. The zero-order valence-corrected chi connectivity index (χ0v) is 13.5. The van der Waals surface area contributed by atoms with Crippen LogP contribution in [0.2, 0.25) is 5.02 Å². The molecule has 5 heteroatoms. The smallest absolute Gasteiger partial charge is 0.244 e. The highest BCUT2D eigenvalue weighted by atomic mass is 35.5. The highest BCUT2D eigenvalue weighted by Crippen LogP contribution is 2.22. The number of ether oxygens (including phenoxy) is 2. The Balaban J connectivity index is 1.77. The summed E-state index contributed by atoms with van der Waals surface area (Å²) >= 11 is 5.98. The lowest BCUT2D eigenvalue weighted by atomic mass is 10.2. The van der Waals surface area contributed by atoms with E-state index >= 15 is 0 Å². The molecule has 0 aromatic heterocycles. The predicted octanol–water partition coefficient (Wildman–Crippen LogP) is 3.56. The van der Waals surface area contributed by atoms with Crippen molar-refractivity contribution in [3.8, 4) is 11.5 Å². The van der Waals surface area contributed by atoms with Gasteiger partial charge in [0.25, 0.3) is 0 Å². The summed E-state index contributed by atoms with van der Waals surface area (Å²) in [5.41, 5.74) is 0.845. The van der Waals surface area contributed by atoms with Gasteiger partial charge in [-0.1, -0.05) is 41.9 Å². The lowest BCUT2D eigenvalue weighted by Crippen LogP contribution is -2.26. The van der Waals surface area contributed by atoms with Crippen LogP contribution in [-0.2, 0) is 4.79 Å². The van der Waals surface area contributed by atoms with Gasteiger partial charge in [-0.05, 0) is 24.3 Å². The summed E-state index contributed by atoms with van der Waals surface area (Å²) in [7, 11) is 1.60. The molecule has 0 aliphatic carbocycles. The minimum absolute atomic E-state index is 0.196. The molecule has 4 nitrogen and oxygen atoms in total. The molecule has 0 aliphatic rings. The number of halogens is 1. The van der Waals surface area contributed by atoms with E-state index in [0.29, 0.717) is 23.9 Å². The van der Waals surface area contributed by atoms with Gasteiger partial charge >= 0.3 is 0 Å². The molecule has 0 saturated heterocycles. The first-order chi connectivity index (χ1) is 11.2. The molecule has 0 radical (unpaired) electrons. The summed E-state index contributed by atoms with van der Waals surface area (Å²) < 4.78 is 10.7. The topological polar surface area (TPSA) is 47.6 Å². The second-order valence-corrected chi connectivity index (χ2v) is 5.05. The van der Waals surface area contributed by atoms with Crippen LogP contribution in [0.5, 0.6) is 11.5 Å². The van der Waals surface area contributed by atoms with E-state index in [1.807, 2.05) is 36.4 Å². The van der Waals surface area contributed by atoms with Gasteiger partial charge in [0.1, 0.15) is 18.1 Å². The Kier molecular flexibility index (Phi) is 6.51. The highest BCUT2D eigenvalue weighted by Gasteiger charge is 2.01. The summed E-state index contributed by atoms with van der Waals surface area (Å²) in [4.78, 5) is 11.8. The quantitative estimate of drug-likeness (QED) is 0.623. The van der Waals surface area contributed by atoms with E-state index < -0.39 is 0 Å². The normalized spacial score (nSPS) is 10.5. The number of hydrogen-bond donors (Lipinski definition) is 1. The number of hydrogen-bond acceptors (Lipinski definition) is 3. The second-order valence-electron chi connectivity index (χ2n) is 4.65. The maximum atomic E-state index is 11.8. The van der Waals surface area contributed by atoms with Crippen LogP contribution in [0.3, 0.4) is 0 Å². The van der Waals surface area contributed by atoms with Crippen molar-refractivity contribution in [2.75, 3.05) is 20.3 Å². The Hall–Kier alpha value is -2.46. The molecule has 0 spiro atoms. The van der Waals surface area contributed by atoms with Crippen LogP contribution in [0.25, 0.3) is 6.08 Å². The second kappa shape index (κ2) is 8.86. The van der Waals surface area contributed by atoms with Gasteiger partial charge in [-0.3, -0.25) is 4.79 Å². The molecule has 0 heterocycles. The van der Waals surface area contributed by atoms with Gasteiger partial charge in [-0.2, -0.15) is 0 Å². The van der Waals surface area contributed by atoms with Crippen molar-refractivity contribution in [2.45, 2.75) is 0 Å². The molecule has 2 aromatic rings. The Bertz CT molecular complexity index is 685. The van der Waals surface area contributed by atoms with E-state index in [-0.39, 0.29) is 5.91 Å². The molecule has 0 atom stereocenters. The standard InChI is InChI=1S/C18H18ClNO3/c1-22-16-8-4-2-6-14(16)10-11-18(21)20-12-13-23-17-9-5-3-7-15(17)19/h2-11H,12-13H2,1H3,(H,20,21)/b11-10+. The van der Waals surface area contributed by atoms with Gasteiger partial charge in [0, 0.05) is 11.6 Å². The Morgan fingerprint density at radius 2 is 1.83 bits per heavy atom. The molecule has 0 aliphatic heterocycles. The van der Waals surface area contributed by atoms with Crippen LogP contribution in [0.4, 0.5) is 0 Å². The predicted molar refractivity (Wildman–Crippen MR) is 92.0 cm³/mol. The molecule has 23 heavy (non-hydrogen) atoms. The summed E-state index contributed by atoms with van der Waals surface area (Å²) in [5.74, 6) is 1.13. The first-order valence-corrected chi connectivity index (χ1v) is 7.55. The molecule has 1 N–H and O–H groups in total. The third-order valence-corrected chi connectivity index (χ3v) is 3.36. The number of carbonyl (C=O) groups excluding carboxylic acids is 1. The maximum Gasteiger partial charge on any atom is 0.244 e. The van der Waals surface area contributed by atoms with Crippen LogP contribution < -0.4 is 14.8 Å². The van der Waals surface area contributed by atoms with E-state index in [9.17, 15) is 4.79 Å². The number of amides is 1. The summed E-state index contributed by atoms with van der Waals surface area (Å²) in [5, 5.41) is 3.30. The van der Waals surface area contributed by atoms with Gasteiger partial charge in [-0.15, -0.1) is 0 Å².